The quantitative estimate of drug-likeness (QED) is 0.694. The average molecular weight is 346 g/mol. The molecule has 1 heterocycles. The van der Waals surface area contributed by atoms with E-state index in [-0.39, 0.29) is 5.91 Å². The summed E-state index contributed by atoms with van der Waals surface area (Å²) in [6, 6.07) is 13.4. The number of amides is 1. The van der Waals surface area contributed by atoms with E-state index in [4.69, 9.17) is 4.52 Å². The molecule has 132 valence electrons. The molecule has 2 aromatic carbocycles. The van der Waals surface area contributed by atoms with Gasteiger partial charge in [-0.2, -0.15) is 0 Å². The summed E-state index contributed by atoms with van der Waals surface area (Å²) >= 11 is 0. The van der Waals surface area contributed by atoms with Gasteiger partial charge in [-0.1, -0.05) is 35.5 Å². The molecule has 0 fully saturated rings. The summed E-state index contributed by atoms with van der Waals surface area (Å²) in [6.07, 6.45) is 3.96. The SMILES string of the molecule is Cc1cccc(NC(=O)c2ccc(/C=C/c3c(C)noc3C)cc2)c1C. The fourth-order valence-corrected chi connectivity index (χ4v) is 2.73. The molecule has 26 heavy (non-hydrogen) atoms. The normalized spacial score (nSPS) is 11.1. The molecule has 4 heteroatoms. The number of anilines is 1. The second-order valence-corrected chi connectivity index (χ2v) is 6.39. The van der Waals surface area contributed by atoms with Crippen LogP contribution in [0, 0.1) is 27.7 Å². The molecular formula is C22H22N2O2. The Morgan fingerprint density at radius 1 is 1.00 bits per heavy atom. The van der Waals surface area contributed by atoms with Crippen LogP contribution >= 0.6 is 0 Å². The summed E-state index contributed by atoms with van der Waals surface area (Å²) in [5, 5.41) is 6.92. The highest BCUT2D eigenvalue weighted by molar-refractivity contribution is 6.04. The number of carbonyl (C=O) groups is 1. The molecule has 0 saturated carbocycles. The summed E-state index contributed by atoms with van der Waals surface area (Å²) < 4.78 is 5.15. The molecule has 1 N–H and O–H groups in total. The van der Waals surface area contributed by atoms with E-state index < -0.39 is 0 Å². The number of nitrogens with zero attached hydrogens (tertiary/aromatic N) is 1. The van der Waals surface area contributed by atoms with Crippen molar-refractivity contribution in [2.24, 2.45) is 0 Å². The van der Waals surface area contributed by atoms with E-state index >= 15 is 0 Å². The zero-order chi connectivity index (χ0) is 18.7. The maximum atomic E-state index is 12.5. The molecule has 4 nitrogen and oxygen atoms in total. The zero-order valence-electron chi connectivity index (χ0n) is 15.5. The summed E-state index contributed by atoms with van der Waals surface area (Å²) in [7, 11) is 0. The van der Waals surface area contributed by atoms with Crippen molar-refractivity contribution in [2.45, 2.75) is 27.7 Å². The highest BCUT2D eigenvalue weighted by Gasteiger charge is 2.09. The summed E-state index contributed by atoms with van der Waals surface area (Å²) in [6.45, 7) is 7.84. The monoisotopic (exact) mass is 346 g/mol. The lowest BCUT2D eigenvalue weighted by Crippen LogP contribution is -2.12. The van der Waals surface area contributed by atoms with Crippen LogP contribution in [0.1, 0.15) is 44.1 Å². The van der Waals surface area contributed by atoms with Crippen molar-refractivity contribution in [1.82, 2.24) is 5.16 Å². The van der Waals surface area contributed by atoms with Crippen molar-refractivity contribution in [2.75, 3.05) is 5.32 Å². The third-order valence-electron chi connectivity index (χ3n) is 4.56. The van der Waals surface area contributed by atoms with Gasteiger partial charge < -0.3 is 9.84 Å². The van der Waals surface area contributed by atoms with Crippen LogP contribution in [0.25, 0.3) is 12.2 Å². The predicted molar refractivity (Wildman–Crippen MR) is 105 cm³/mol. The van der Waals surface area contributed by atoms with Crippen LogP contribution in [0.3, 0.4) is 0 Å². The van der Waals surface area contributed by atoms with Gasteiger partial charge >= 0.3 is 0 Å². The Bertz CT molecular complexity index is 947. The van der Waals surface area contributed by atoms with Crippen LogP contribution in [0.4, 0.5) is 5.69 Å². The van der Waals surface area contributed by atoms with Crippen molar-refractivity contribution >= 4 is 23.7 Å². The van der Waals surface area contributed by atoms with Gasteiger partial charge in [0.05, 0.1) is 5.69 Å². The van der Waals surface area contributed by atoms with Crippen molar-refractivity contribution in [3.63, 3.8) is 0 Å². The fourth-order valence-electron chi connectivity index (χ4n) is 2.73. The van der Waals surface area contributed by atoms with Crippen LogP contribution in [-0.2, 0) is 0 Å². The largest absolute Gasteiger partial charge is 0.361 e. The number of benzene rings is 2. The molecule has 0 spiro atoms. The number of hydrogen-bond acceptors (Lipinski definition) is 3. The number of hydrogen-bond donors (Lipinski definition) is 1. The Labute approximate surface area is 153 Å². The summed E-state index contributed by atoms with van der Waals surface area (Å²) in [4.78, 5) is 12.5. The Morgan fingerprint density at radius 3 is 2.38 bits per heavy atom. The van der Waals surface area contributed by atoms with Gasteiger partial charge in [0.2, 0.25) is 0 Å². The van der Waals surface area contributed by atoms with E-state index in [0.29, 0.717) is 5.56 Å². The van der Waals surface area contributed by atoms with E-state index in [1.165, 1.54) is 0 Å². The lowest BCUT2D eigenvalue weighted by molar-refractivity contribution is 0.102. The van der Waals surface area contributed by atoms with Gasteiger partial charge in [0.25, 0.3) is 5.91 Å². The Hall–Kier alpha value is -3.14. The number of carbonyl (C=O) groups excluding carboxylic acids is 1. The minimum absolute atomic E-state index is 0.111. The molecule has 3 aromatic rings. The molecular weight excluding hydrogens is 324 g/mol. The van der Waals surface area contributed by atoms with E-state index in [2.05, 4.69) is 10.5 Å². The molecule has 3 rings (SSSR count). The second-order valence-electron chi connectivity index (χ2n) is 6.39. The van der Waals surface area contributed by atoms with Gasteiger partial charge in [-0.05, 0) is 68.7 Å². The molecule has 0 unspecified atom stereocenters. The third-order valence-corrected chi connectivity index (χ3v) is 4.56. The third kappa shape index (κ3) is 3.75. The summed E-state index contributed by atoms with van der Waals surface area (Å²) in [5.41, 5.74) is 6.57. The minimum Gasteiger partial charge on any atom is -0.361 e. The molecule has 1 amide bonds. The van der Waals surface area contributed by atoms with Gasteiger partial charge in [-0.15, -0.1) is 0 Å². The standard InChI is InChI=1S/C22H22N2O2/c1-14-6-5-7-21(15(14)2)23-22(25)19-11-8-18(9-12-19)10-13-20-16(3)24-26-17(20)4/h5-13H,1-4H3,(H,23,25)/b13-10+. The zero-order valence-corrected chi connectivity index (χ0v) is 15.5. The van der Waals surface area contributed by atoms with E-state index in [9.17, 15) is 4.79 Å². The van der Waals surface area contributed by atoms with E-state index in [1.807, 2.05) is 82.3 Å². The molecule has 0 bridgehead atoms. The van der Waals surface area contributed by atoms with Crippen molar-refractivity contribution in [3.05, 3.63) is 81.7 Å². The Kier molecular flexibility index (Phi) is 5.03. The molecule has 0 radical (unpaired) electrons. The number of nitrogens with one attached hydrogen (secondary N) is 1. The second kappa shape index (κ2) is 7.40. The van der Waals surface area contributed by atoms with Crippen molar-refractivity contribution < 1.29 is 9.32 Å². The van der Waals surface area contributed by atoms with E-state index in [0.717, 1.165) is 39.4 Å². The molecule has 1 aromatic heterocycles. The van der Waals surface area contributed by atoms with Gasteiger partial charge in [-0.3, -0.25) is 4.79 Å². The topological polar surface area (TPSA) is 55.1 Å². The molecule has 0 saturated heterocycles. The molecule has 0 aliphatic rings. The van der Waals surface area contributed by atoms with Gasteiger partial charge in [0, 0.05) is 16.8 Å². The van der Waals surface area contributed by atoms with Crippen LogP contribution in [-0.4, -0.2) is 11.1 Å². The van der Waals surface area contributed by atoms with Crippen LogP contribution in [0.5, 0.6) is 0 Å². The van der Waals surface area contributed by atoms with Crippen LogP contribution < -0.4 is 5.32 Å². The van der Waals surface area contributed by atoms with Gasteiger partial charge in [-0.25, -0.2) is 0 Å². The van der Waals surface area contributed by atoms with Crippen LogP contribution in [0.15, 0.2) is 47.0 Å². The maximum absolute atomic E-state index is 12.5. The highest BCUT2D eigenvalue weighted by atomic mass is 16.5. The number of aryl methyl sites for hydroxylation is 3. The Balaban J connectivity index is 1.73. The first-order valence-electron chi connectivity index (χ1n) is 8.54. The van der Waals surface area contributed by atoms with Gasteiger partial charge in [0.1, 0.15) is 5.76 Å². The highest BCUT2D eigenvalue weighted by Crippen LogP contribution is 2.20. The Morgan fingerprint density at radius 2 is 1.73 bits per heavy atom. The average Bonchev–Trinajstić information content (AvgIpc) is 2.95. The maximum Gasteiger partial charge on any atom is 0.255 e. The first kappa shape index (κ1) is 17.7. The van der Waals surface area contributed by atoms with E-state index in [1.54, 1.807) is 0 Å². The minimum atomic E-state index is -0.111. The summed E-state index contributed by atoms with van der Waals surface area (Å²) in [5.74, 6) is 0.684. The first-order valence-corrected chi connectivity index (χ1v) is 8.54. The molecule has 0 aliphatic heterocycles. The van der Waals surface area contributed by atoms with Gasteiger partial charge in [0.15, 0.2) is 0 Å². The molecule has 0 aliphatic carbocycles. The first-order chi connectivity index (χ1) is 12.5. The smallest absolute Gasteiger partial charge is 0.255 e. The predicted octanol–water partition coefficient (Wildman–Crippen LogP) is 5.33. The lowest BCUT2D eigenvalue weighted by Gasteiger charge is -2.10. The van der Waals surface area contributed by atoms with Crippen LogP contribution in [0.2, 0.25) is 0 Å². The van der Waals surface area contributed by atoms with Crippen molar-refractivity contribution in [1.29, 1.82) is 0 Å². The lowest BCUT2D eigenvalue weighted by atomic mass is 10.1. The van der Waals surface area contributed by atoms with Crippen molar-refractivity contribution in [3.8, 4) is 0 Å². The fraction of sp³-hybridized carbons (Fsp3) is 0.182. The number of aromatic nitrogens is 1. The number of rotatable bonds is 4. The molecule has 0 atom stereocenters.